The van der Waals surface area contributed by atoms with E-state index in [1.165, 1.54) is 0 Å². The van der Waals surface area contributed by atoms with Gasteiger partial charge < -0.3 is 32.9 Å². The van der Waals surface area contributed by atoms with Crippen LogP contribution in [0.5, 0.6) is 0 Å². The van der Waals surface area contributed by atoms with Crippen molar-refractivity contribution in [3.63, 3.8) is 0 Å². The fourth-order valence-corrected chi connectivity index (χ4v) is 0. The minimum atomic E-state index is 0. The van der Waals surface area contributed by atoms with Crippen LogP contribution in [0.1, 0.15) is 0 Å². The molecule has 0 aliphatic carbocycles. The van der Waals surface area contributed by atoms with Gasteiger partial charge in [-0.2, -0.15) is 0 Å². The second kappa shape index (κ2) is 403. The van der Waals surface area contributed by atoms with Crippen molar-refractivity contribution in [1.29, 1.82) is 0 Å². The molecule has 0 aliphatic rings. The summed E-state index contributed by atoms with van der Waals surface area (Å²) in [4.78, 5) is 0. The van der Waals surface area contributed by atoms with Gasteiger partial charge in [0.2, 0.25) is 0 Å². The Morgan fingerprint density at radius 1 is 0.375 bits per heavy atom. The predicted molar refractivity (Wildman–Crippen MR) is 37.1 cm³/mol. The molecule has 66 valence electrons. The molecule has 0 heterocycles. The molecule has 0 aromatic heterocycles. The fraction of sp³-hybridized carbons (Fsp3) is 0. The molecule has 0 aliphatic heterocycles. The van der Waals surface area contributed by atoms with Crippen LogP contribution >= 0.6 is 24.0 Å². The van der Waals surface area contributed by atoms with Crippen LogP contribution in [0.4, 0.5) is 0 Å². The van der Waals surface area contributed by atoms with Gasteiger partial charge >= 0.3 is 0 Å². The van der Waals surface area contributed by atoms with Gasteiger partial charge in [-0.15, -0.1) is 24.0 Å². The topological polar surface area (TPSA) is 189 Å². The minimum absolute atomic E-state index is 0. The summed E-state index contributed by atoms with van der Waals surface area (Å²) < 4.78 is 0. The fourth-order valence-electron chi connectivity index (χ4n) is 0. The SMILES string of the molecule is I.O.O.O.O.O.O.[Ni]. The van der Waals surface area contributed by atoms with Crippen LogP contribution in [-0.4, -0.2) is 32.9 Å². The first-order valence-electron chi connectivity index (χ1n) is 0. The third kappa shape index (κ3) is 258. The molecule has 8 heavy (non-hydrogen) atoms. The van der Waals surface area contributed by atoms with Crippen LogP contribution in [0.3, 0.4) is 0 Å². The largest absolute Gasteiger partial charge is 0.412 e. The number of halogens is 1. The zero-order valence-corrected chi connectivity index (χ0v) is 7.04. The minimum Gasteiger partial charge on any atom is -0.412 e. The summed E-state index contributed by atoms with van der Waals surface area (Å²) >= 11 is 0. The van der Waals surface area contributed by atoms with Crippen molar-refractivity contribution < 1.29 is 49.3 Å². The molecule has 0 amide bonds. The van der Waals surface area contributed by atoms with Crippen molar-refractivity contribution in [1.82, 2.24) is 0 Å². The van der Waals surface area contributed by atoms with Gasteiger partial charge in [0.25, 0.3) is 0 Å². The van der Waals surface area contributed by atoms with E-state index in [1.807, 2.05) is 0 Å². The molecule has 0 fully saturated rings. The van der Waals surface area contributed by atoms with E-state index in [0.29, 0.717) is 0 Å². The molecule has 0 unspecified atom stereocenters. The molecule has 0 rings (SSSR count). The van der Waals surface area contributed by atoms with Gasteiger partial charge in [-0.25, -0.2) is 0 Å². The van der Waals surface area contributed by atoms with Crippen LogP contribution in [0.2, 0.25) is 0 Å². The van der Waals surface area contributed by atoms with Crippen molar-refractivity contribution in [2.24, 2.45) is 0 Å². The molecule has 8 heteroatoms. The molecule has 0 radical (unpaired) electrons. The molecule has 0 spiro atoms. The molecule has 6 nitrogen and oxygen atoms in total. The number of hydrogen-bond acceptors (Lipinski definition) is 0. The van der Waals surface area contributed by atoms with E-state index in [1.54, 1.807) is 0 Å². The Hall–Kier alpha value is 0.984. The summed E-state index contributed by atoms with van der Waals surface area (Å²) in [6.45, 7) is 0. The van der Waals surface area contributed by atoms with E-state index in [4.69, 9.17) is 0 Å². The molecular weight excluding hydrogens is 282 g/mol. The van der Waals surface area contributed by atoms with Gasteiger partial charge in [0.15, 0.2) is 0 Å². The molecule has 0 aromatic rings. The van der Waals surface area contributed by atoms with Crippen molar-refractivity contribution >= 4 is 24.0 Å². The first-order valence-corrected chi connectivity index (χ1v) is 0. The average molecular weight is 295 g/mol. The summed E-state index contributed by atoms with van der Waals surface area (Å²) in [7, 11) is 0. The van der Waals surface area contributed by atoms with Gasteiger partial charge in [-0.3, -0.25) is 0 Å². The molecule has 0 bridgehead atoms. The van der Waals surface area contributed by atoms with Crippen molar-refractivity contribution in [3.05, 3.63) is 0 Å². The van der Waals surface area contributed by atoms with Crippen LogP contribution in [0, 0.1) is 0 Å². The Morgan fingerprint density at radius 2 is 0.375 bits per heavy atom. The monoisotopic (exact) mass is 294 g/mol. The smallest absolute Gasteiger partial charge is 0 e. The second-order valence-electron chi connectivity index (χ2n) is 0. The van der Waals surface area contributed by atoms with Crippen LogP contribution < -0.4 is 0 Å². The van der Waals surface area contributed by atoms with Crippen LogP contribution in [0.25, 0.3) is 0 Å². The molecule has 12 N–H and O–H groups in total. The Morgan fingerprint density at radius 3 is 0.375 bits per heavy atom. The van der Waals surface area contributed by atoms with Gasteiger partial charge in [0.1, 0.15) is 0 Å². The maximum Gasteiger partial charge on any atom is 0 e. The van der Waals surface area contributed by atoms with Crippen molar-refractivity contribution in [3.8, 4) is 0 Å². The maximum atomic E-state index is 0. The van der Waals surface area contributed by atoms with E-state index in [9.17, 15) is 0 Å². The summed E-state index contributed by atoms with van der Waals surface area (Å²) in [5.41, 5.74) is 0. The second-order valence-corrected chi connectivity index (χ2v) is 0. The van der Waals surface area contributed by atoms with Crippen LogP contribution in [0.15, 0.2) is 0 Å². The average Bonchev–Trinajstić information content (AvgIpc) is 0. The van der Waals surface area contributed by atoms with Gasteiger partial charge in [-0.05, 0) is 0 Å². The molecule has 0 saturated carbocycles. The van der Waals surface area contributed by atoms with Gasteiger partial charge in [0, 0.05) is 16.5 Å². The van der Waals surface area contributed by atoms with Crippen molar-refractivity contribution in [2.45, 2.75) is 0 Å². The van der Waals surface area contributed by atoms with E-state index < -0.39 is 0 Å². The first kappa shape index (κ1) is 592. The third-order valence-electron chi connectivity index (χ3n) is 0. The maximum absolute atomic E-state index is 0. The van der Waals surface area contributed by atoms with E-state index >= 15 is 0 Å². The Bertz CT molecular complexity index is 8.49. The first-order chi connectivity index (χ1) is 0. The molecule has 0 atom stereocenters. The molecule has 0 aromatic carbocycles. The number of rotatable bonds is 0. The summed E-state index contributed by atoms with van der Waals surface area (Å²) in [5, 5.41) is 0. The van der Waals surface area contributed by atoms with Crippen molar-refractivity contribution in [2.75, 3.05) is 0 Å². The Labute approximate surface area is 73.4 Å². The predicted octanol–water partition coefficient (Wildman–Crippen LogP) is -4.33. The summed E-state index contributed by atoms with van der Waals surface area (Å²) in [6.07, 6.45) is 0. The molecular formula is H13INiO6. The standard InChI is InChI=1S/HI.Ni.6H2O/h1H;;6*1H2. The van der Waals surface area contributed by atoms with Gasteiger partial charge in [-0.1, -0.05) is 0 Å². The number of hydrogen-bond donors (Lipinski definition) is 0. The zero-order chi connectivity index (χ0) is 0. The summed E-state index contributed by atoms with van der Waals surface area (Å²) in [6, 6.07) is 0. The van der Waals surface area contributed by atoms with Crippen LogP contribution in [-0.2, 0) is 16.5 Å². The van der Waals surface area contributed by atoms with E-state index in [0.717, 1.165) is 0 Å². The Balaban J connectivity index is 0. The Kier molecular flexibility index (Phi) is 29800. The van der Waals surface area contributed by atoms with E-state index in [-0.39, 0.29) is 73.3 Å². The van der Waals surface area contributed by atoms with E-state index in [2.05, 4.69) is 0 Å². The third-order valence-corrected chi connectivity index (χ3v) is 0. The normalized spacial score (nSPS) is 0. The quantitative estimate of drug-likeness (QED) is 0.308. The zero-order valence-electron chi connectivity index (χ0n) is 3.72. The van der Waals surface area contributed by atoms with Gasteiger partial charge in [0.05, 0.1) is 0 Å². The summed E-state index contributed by atoms with van der Waals surface area (Å²) in [5.74, 6) is 0. The molecule has 0 saturated heterocycles.